The zero-order chi connectivity index (χ0) is 13.1. The highest BCUT2D eigenvalue weighted by Crippen LogP contribution is 1.77. The lowest BCUT2D eigenvalue weighted by molar-refractivity contribution is -0.143. The molecule has 0 atom stereocenters. The van der Waals surface area contributed by atoms with Gasteiger partial charge in [-0.05, 0) is 6.92 Å². The molecule has 0 aliphatic rings. The fraction of sp³-hybridized carbons (Fsp3) is 0.667. The van der Waals surface area contributed by atoms with Crippen LogP contribution < -0.4 is 10.6 Å². The molecule has 17 heavy (non-hydrogen) atoms. The maximum Gasteiger partial charge on any atom is 0.329 e. The molecule has 0 aromatic heterocycles. The van der Waals surface area contributed by atoms with Gasteiger partial charge < -0.3 is 19.9 Å². The molecule has 0 bridgehead atoms. The zero-order valence-electron chi connectivity index (χ0n) is 9.52. The van der Waals surface area contributed by atoms with Crippen molar-refractivity contribution in [3.8, 4) is 0 Å². The lowest BCUT2D eigenvalue weighted by atomic mass is 10.6. The summed E-state index contributed by atoms with van der Waals surface area (Å²) in [5, 5.41) is 12.6. The molecule has 0 saturated heterocycles. The van der Waals surface area contributed by atoms with Crippen molar-refractivity contribution in [2.24, 2.45) is 0 Å². The Morgan fingerprint density at radius 2 is 1.88 bits per heavy atom. The topological polar surface area (TPSA) is 114 Å². The minimum Gasteiger partial charge on any atom is -0.480 e. The van der Waals surface area contributed by atoms with Gasteiger partial charge in [0.05, 0.1) is 6.61 Å². The van der Waals surface area contributed by atoms with Gasteiger partial charge in [0.25, 0.3) is 5.91 Å². The fourth-order valence-electron chi connectivity index (χ4n) is 0.819. The number of carbonyl (C=O) groups excluding carboxylic acids is 2. The van der Waals surface area contributed by atoms with E-state index in [9.17, 15) is 14.4 Å². The summed E-state index contributed by atoms with van der Waals surface area (Å²) < 4.78 is 9.45. The monoisotopic (exact) mass is 248 g/mol. The van der Waals surface area contributed by atoms with Gasteiger partial charge >= 0.3 is 12.0 Å². The molecule has 98 valence electrons. The van der Waals surface area contributed by atoms with Crippen LogP contribution in [0.15, 0.2) is 0 Å². The standard InChI is InChI=1S/C9H16N2O6/c1-2-16-4-3-10-9(15)11-7(12)5-17-6-8(13)14/h2-6H2,1H3,(H,13,14)(H2,10,11,12,15). The van der Waals surface area contributed by atoms with Crippen LogP contribution in [-0.2, 0) is 19.1 Å². The highest BCUT2D eigenvalue weighted by atomic mass is 16.5. The van der Waals surface area contributed by atoms with Crippen LogP contribution >= 0.6 is 0 Å². The summed E-state index contributed by atoms with van der Waals surface area (Å²) in [6, 6.07) is -0.673. The number of hydrogen-bond donors (Lipinski definition) is 3. The first-order valence-corrected chi connectivity index (χ1v) is 5.01. The molecule has 0 aliphatic heterocycles. The minimum absolute atomic E-state index is 0.281. The molecule has 3 N–H and O–H groups in total. The first-order valence-electron chi connectivity index (χ1n) is 5.01. The number of nitrogens with one attached hydrogen (secondary N) is 2. The summed E-state index contributed by atoms with van der Waals surface area (Å²) in [7, 11) is 0. The molecular weight excluding hydrogens is 232 g/mol. The van der Waals surface area contributed by atoms with Crippen LogP contribution in [0.5, 0.6) is 0 Å². The molecular formula is C9H16N2O6. The summed E-state index contributed by atoms with van der Waals surface area (Å²) in [5.41, 5.74) is 0. The summed E-state index contributed by atoms with van der Waals surface area (Å²) in [6.07, 6.45) is 0. The average molecular weight is 248 g/mol. The number of amides is 3. The van der Waals surface area contributed by atoms with Gasteiger partial charge in [-0.25, -0.2) is 9.59 Å². The molecule has 0 fully saturated rings. The largest absolute Gasteiger partial charge is 0.480 e. The number of urea groups is 1. The molecule has 0 spiro atoms. The molecule has 0 radical (unpaired) electrons. The Bertz CT molecular complexity index is 268. The number of hydrogen-bond acceptors (Lipinski definition) is 5. The molecule has 8 heteroatoms. The van der Waals surface area contributed by atoms with Crippen molar-refractivity contribution in [1.29, 1.82) is 0 Å². The van der Waals surface area contributed by atoms with E-state index in [4.69, 9.17) is 9.84 Å². The summed E-state index contributed by atoms with van der Waals surface area (Å²) >= 11 is 0. The van der Waals surface area contributed by atoms with Crippen molar-refractivity contribution in [3.63, 3.8) is 0 Å². The Morgan fingerprint density at radius 1 is 1.18 bits per heavy atom. The van der Waals surface area contributed by atoms with Crippen LogP contribution in [0.25, 0.3) is 0 Å². The number of ether oxygens (including phenoxy) is 2. The van der Waals surface area contributed by atoms with Crippen LogP contribution in [-0.4, -0.2) is 56.0 Å². The fourth-order valence-corrected chi connectivity index (χ4v) is 0.819. The van der Waals surface area contributed by atoms with E-state index < -0.39 is 31.1 Å². The van der Waals surface area contributed by atoms with Crippen LogP contribution in [0.1, 0.15) is 6.92 Å². The Labute approximate surface area is 98.3 Å². The number of carboxylic acid groups (broad SMARTS) is 1. The van der Waals surface area contributed by atoms with Crippen molar-refractivity contribution in [3.05, 3.63) is 0 Å². The highest BCUT2D eigenvalue weighted by Gasteiger charge is 2.07. The Hall–Kier alpha value is -1.67. The maximum atomic E-state index is 11.0. The van der Waals surface area contributed by atoms with Gasteiger partial charge in [-0.1, -0.05) is 0 Å². The van der Waals surface area contributed by atoms with Gasteiger partial charge in [-0.15, -0.1) is 0 Å². The quantitative estimate of drug-likeness (QED) is 0.472. The number of aliphatic carboxylic acids is 1. The molecule has 0 aliphatic carbocycles. The number of imide groups is 1. The molecule has 0 aromatic carbocycles. The summed E-state index contributed by atoms with van der Waals surface area (Å²) in [5.74, 6) is -1.89. The van der Waals surface area contributed by atoms with Gasteiger partial charge in [-0.3, -0.25) is 10.1 Å². The summed E-state index contributed by atoms with van der Waals surface area (Å²) in [4.78, 5) is 32.1. The second-order valence-electron chi connectivity index (χ2n) is 2.89. The second-order valence-corrected chi connectivity index (χ2v) is 2.89. The number of carboxylic acids is 1. The minimum atomic E-state index is -1.18. The van der Waals surface area contributed by atoms with Crippen molar-refractivity contribution < 1.29 is 29.0 Å². The molecule has 0 saturated carbocycles. The Morgan fingerprint density at radius 3 is 2.47 bits per heavy atom. The second kappa shape index (κ2) is 9.55. The molecule has 0 rings (SSSR count). The van der Waals surface area contributed by atoms with Gasteiger partial charge in [0.1, 0.15) is 13.2 Å². The Kier molecular flexibility index (Phi) is 8.61. The van der Waals surface area contributed by atoms with Crippen molar-refractivity contribution in [2.45, 2.75) is 6.92 Å². The van der Waals surface area contributed by atoms with E-state index in [0.717, 1.165) is 0 Å². The predicted octanol–water partition coefficient (Wildman–Crippen LogP) is -1.05. The van der Waals surface area contributed by atoms with E-state index in [1.807, 2.05) is 12.2 Å². The van der Waals surface area contributed by atoms with Crippen LogP contribution in [0, 0.1) is 0 Å². The molecule has 0 aromatic rings. The average Bonchev–Trinajstić information content (AvgIpc) is 2.23. The van der Waals surface area contributed by atoms with Crippen LogP contribution in [0.2, 0.25) is 0 Å². The first-order chi connectivity index (χ1) is 8.06. The highest BCUT2D eigenvalue weighted by molar-refractivity contribution is 5.94. The van der Waals surface area contributed by atoms with Gasteiger partial charge in [0, 0.05) is 13.2 Å². The predicted molar refractivity (Wildman–Crippen MR) is 56.5 cm³/mol. The van der Waals surface area contributed by atoms with E-state index >= 15 is 0 Å². The smallest absolute Gasteiger partial charge is 0.329 e. The lowest BCUT2D eigenvalue weighted by Crippen LogP contribution is -2.42. The van der Waals surface area contributed by atoms with Gasteiger partial charge in [0.2, 0.25) is 0 Å². The molecule has 0 heterocycles. The normalized spacial score (nSPS) is 9.71. The Balaban J connectivity index is 3.52. The molecule has 3 amide bonds. The van der Waals surface area contributed by atoms with Crippen molar-refractivity contribution >= 4 is 17.9 Å². The maximum absolute atomic E-state index is 11.0. The molecule has 0 unspecified atom stereocenters. The van der Waals surface area contributed by atoms with E-state index in [2.05, 4.69) is 10.1 Å². The SMILES string of the molecule is CCOCCNC(=O)NC(=O)COCC(=O)O. The third-order valence-electron chi connectivity index (χ3n) is 1.45. The van der Waals surface area contributed by atoms with Crippen LogP contribution in [0.3, 0.4) is 0 Å². The van der Waals surface area contributed by atoms with E-state index in [1.54, 1.807) is 0 Å². The van der Waals surface area contributed by atoms with Crippen molar-refractivity contribution in [2.75, 3.05) is 33.0 Å². The lowest BCUT2D eigenvalue weighted by Gasteiger charge is -2.06. The van der Waals surface area contributed by atoms with E-state index in [1.165, 1.54) is 0 Å². The van der Waals surface area contributed by atoms with Crippen molar-refractivity contribution in [1.82, 2.24) is 10.6 Å². The zero-order valence-corrected chi connectivity index (χ0v) is 9.52. The third-order valence-corrected chi connectivity index (χ3v) is 1.45. The van der Waals surface area contributed by atoms with Gasteiger partial charge in [0.15, 0.2) is 0 Å². The van der Waals surface area contributed by atoms with E-state index in [-0.39, 0.29) is 6.54 Å². The third kappa shape index (κ3) is 10.6. The molecule has 8 nitrogen and oxygen atoms in total. The first kappa shape index (κ1) is 15.3. The van der Waals surface area contributed by atoms with Crippen LogP contribution in [0.4, 0.5) is 4.79 Å². The van der Waals surface area contributed by atoms with Gasteiger partial charge in [-0.2, -0.15) is 0 Å². The number of rotatable bonds is 8. The number of carbonyl (C=O) groups is 3. The summed E-state index contributed by atoms with van der Waals surface area (Å²) in [6.45, 7) is 1.94. The van der Waals surface area contributed by atoms with E-state index in [0.29, 0.717) is 13.2 Å².